The number of hydrogen-bond donors (Lipinski definition) is 3. The van der Waals surface area contributed by atoms with E-state index in [9.17, 15) is 4.79 Å². The number of benzene rings is 1. The third kappa shape index (κ3) is 4.84. The average molecular weight is 329 g/mol. The first-order valence-electron chi connectivity index (χ1n) is 6.22. The fourth-order valence-electron chi connectivity index (χ4n) is 1.90. The number of urea groups is 1. The van der Waals surface area contributed by atoms with E-state index in [1.807, 2.05) is 39.8 Å². The molecule has 1 aromatic carbocycles. The van der Waals surface area contributed by atoms with Gasteiger partial charge in [0.2, 0.25) is 0 Å². The van der Waals surface area contributed by atoms with E-state index in [1.165, 1.54) is 0 Å². The molecule has 0 fully saturated rings. The molecule has 0 radical (unpaired) electrons. The van der Waals surface area contributed by atoms with Crippen molar-refractivity contribution in [3.05, 3.63) is 27.7 Å². The summed E-state index contributed by atoms with van der Waals surface area (Å²) in [6.07, 6.45) is 0.513. The van der Waals surface area contributed by atoms with Crippen molar-refractivity contribution in [1.29, 1.82) is 0 Å². The van der Waals surface area contributed by atoms with E-state index in [4.69, 9.17) is 5.11 Å². The summed E-state index contributed by atoms with van der Waals surface area (Å²) in [5.41, 5.74) is 2.39. The Balaban J connectivity index is 2.78. The topological polar surface area (TPSA) is 61.4 Å². The van der Waals surface area contributed by atoms with E-state index in [1.54, 1.807) is 0 Å². The van der Waals surface area contributed by atoms with Crippen molar-refractivity contribution in [3.8, 4) is 0 Å². The molecule has 0 unspecified atom stereocenters. The molecule has 1 rings (SSSR count). The standard InChI is InChI=1S/C14H21BrN2O2/c1-9-7-11(15)8-10(2)12(9)16-13(19)17-14(3,4)5-6-18/h7-8,18H,5-6H2,1-4H3,(H2,16,17,19). The van der Waals surface area contributed by atoms with Gasteiger partial charge in [0.05, 0.1) is 0 Å². The monoisotopic (exact) mass is 328 g/mol. The Labute approximate surface area is 122 Å². The third-order valence-corrected chi connectivity index (χ3v) is 3.38. The summed E-state index contributed by atoms with van der Waals surface area (Å²) < 4.78 is 0.995. The zero-order valence-electron chi connectivity index (χ0n) is 11.8. The molecule has 1 aromatic rings. The van der Waals surface area contributed by atoms with Gasteiger partial charge in [-0.15, -0.1) is 0 Å². The zero-order chi connectivity index (χ0) is 14.6. The van der Waals surface area contributed by atoms with E-state index in [0.29, 0.717) is 6.42 Å². The van der Waals surface area contributed by atoms with Gasteiger partial charge in [-0.2, -0.15) is 0 Å². The second-order valence-corrected chi connectivity index (χ2v) is 6.27. The van der Waals surface area contributed by atoms with Crippen LogP contribution in [0.2, 0.25) is 0 Å². The number of nitrogens with one attached hydrogen (secondary N) is 2. The molecular weight excluding hydrogens is 308 g/mol. The minimum absolute atomic E-state index is 0.0453. The number of aliphatic hydroxyl groups excluding tert-OH is 1. The van der Waals surface area contributed by atoms with Gasteiger partial charge in [-0.25, -0.2) is 4.79 Å². The van der Waals surface area contributed by atoms with Crippen LogP contribution in [0.3, 0.4) is 0 Å². The molecule has 106 valence electrons. The molecule has 0 aliphatic carbocycles. The number of rotatable bonds is 4. The van der Waals surface area contributed by atoms with Crippen molar-refractivity contribution in [2.45, 2.75) is 39.7 Å². The van der Waals surface area contributed by atoms with Crippen molar-refractivity contribution < 1.29 is 9.90 Å². The molecule has 0 aliphatic heterocycles. The van der Waals surface area contributed by atoms with Gasteiger partial charge in [0.25, 0.3) is 0 Å². The lowest BCUT2D eigenvalue weighted by Crippen LogP contribution is -2.46. The Kier molecular flexibility index (Phi) is 5.38. The molecule has 0 bridgehead atoms. The van der Waals surface area contributed by atoms with Gasteiger partial charge in [-0.3, -0.25) is 0 Å². The summed E-state index contributed by atoms with van der Waals surface area (Å²) in [5.74, 6) is 0. The molecule has 3 N–H and O–H groups in total. The highest BCUT2D eigenvalue weighted by Gasteiger charge is 2.20. The van der Waals surface area contributed by atoms with E-state index < -0.39 is 5.54 Å². The summed E-state index contributed by atoms with van der Waals surface area (Å²) in [7, 11) is 0. The normalized spacial score (nSPS) is 11.3. The SMILES string of the molecule is Cc1cc(Br)cc(C)c1NC(=O)NC(C)(C)CCO. The fourth-order valence-corrected chi connectivity index (χ4v) is 2.59. The molecule has 0 saturated heterocycles. The molecule has 0 aromatic heterocycles. The summed E-state index contributed by atoms with van der Waals surface area (Å²) >= 11 is 3.43. The van der Waals surface area contributed by atoms with Crippen LogP contribution in [0.5, 0.6) is 0 Å². The van der Waals surface area contributed by atoms with Gasteiger partial charge < -0.3 is 15.7 Å². The number of hydrogen-bond acceptors (Lipinski definition) is 2. The largest absolute Gasteiger partial charge is 0.396 e. The third-order valence-electron chi connectivity index (χ3n) is 2.92. The van der Waals surface area contributed by atoms with Crippen LogP contribution in [0.1, 0.15) is 31.4 Å². The van der Waals surface area contributed by atoms with Gasteiger partial charge in [-0.05, 0) is 57.4 Å². The predicted molar refractivity (Wildman–Crippen MR) is 81.6 cm³/mol. The first-order chi connectivity index (χ1) is 8.75. The van der Waals surface area contributed by atoms with Crippen molar-refractivity contribution in [2.75, 3.05) is 11.9 Å². The maximum atomic E-state index is 12.0. The van der Waals surface area contributed by atoms with Crippen LogP contribution < -0.4 is 10.6 Å². The molecule has 19 heavy (non-hydrogen) atoms. The number of carbonyl (C=O) groups excluding carboxylic acids is 1. The zero-order valence-corrected chi connectivity index (χ0v) is 13.4. The van der Waals surface area contributed by atoms with Gasteiger partial charge in [0.1, 0.15) is 0 Å². The molecule has 5 heteroatoms. The van der Waals surface area contributed by atoms with Crippen molar-refractivity contribution >= 4 is 27.6 Å². The van der Waals surface area contributed by atoms with Crippen LogP contribution in [0.15, 0.2) is 16.6 Å². The van der Waals surface area contributed by atoms with Gasteiger partial charge >= 0.3 is 6.03 Å². The van der Waals surface area contributed by atoms with Crippen LogP contribution in [-0.4, -0.2) is 23.3 Å². The van der Waals surface area contributed by atoms with E-state index in [2.05, 4.69) is 26.6 Å². The highest BCUT2D eigenvalue weighted by molar-refractivity contribution is 9.10. The molecule has 0 spiro atoms. The quantitative estimate of drug-likeness (QED) is 0.793. The second-order valence-electron chi connectivity index (χ2n) is 5.35. The average Bonchev–Trinajstić information content (AvgIpc) is 2.22. The minimum atomic E-state index is -0.435. The number of aliphatic hydroxyl groups is 1. The molecule has 4 nitrogen and oxygen atoms in total. The lowest BCUT2D eigenvalue weighted by atomic mass is 10.0. The van der Waals surface area contributed by atoms with Crippen LogP contribution >= 0.6 is 15.9 Å². The fraction of sp³-hybridized carbons (Fsp3) is 0.500. The van der Waals surface area contributed by atoms with Crippen molar-refractivity contribution in [1.82, 2.24) is 5.32 Å². The molecular formula is C14H21BrN2O2. The van der Waals surface area contributed by atoms with Crippen molar-refractivity contribution in [2.24, 2.45) is 0 Å². The van der Waals surface area contributed by atoms with E-state index in [-0.39, 0.29) is 12.6 Å². The Bertz CT molecular complexity index is 450. The maximum Gasteiger partial charge on any atom is 0.319 e. The maximum absolute atomic E-state index is 12.0. The van der Waals surface area contributed by atoms with Gasteiger partial charge in [0.15, 0.2) is 0 Å². The highest BCUT2D eigenvalue weighted by Crippen LogP contribution is 2.25. The van der Waals surface area contributed by atoms with Crippen LogP contribution in [0.25, 0.3) is 0 Å². The second kappa shape index (κ2) is 6.39. The predicted octanol–water partition coefficient (Wildman–Crippen LogP) is 3.35. The van der Waals surface area contributed by atoms with Gasteiger partial charge in [-0.1, -0.05) is 15.9 Å². The first kappa shape index (κ1) is 16.0. The number of carbonyl (C=O) groups is 1. The van der Waals surface area contributed by atoms with E-state index in [0.717, 1.165) is 21.3 Å². The Morgan fingerprint density at radius 2 is 1.84 bits per heavy atom. The van der Waals surface area contributed by atoms with Crippen molar-refractivity contribution in [3.63, 3.8) is 0 Å². The van der Waals surface area contributed by atoms with Crippen LogP contribution in [0, 0.1) is 13.8 Å². The molecule has 0 atom stereocenters. The summed E-state index contributed by atoms with van der Waals surface area (Å²) in [6.45, 7) is 7.70. The smallest absolute Gasteiger partial charge is 0.319 e. The number of aryl methyl sites for hydroxylation is 2. The van der Waals surface area contributed by atoms with Gasteiger partial charge in [0, 0.05) is 22.3 Å². The van der Waals surface area contributed by atoms with E-state index >= 15 is 0 Å². The molecule has 0 saturated carbocycles. The Morgan fingerprint density at radius 3 is 2.32 bits per heavy atom. The number of halogens is 1. The summed E-state index contributed by atoms with van der Waals surface area (Å²) in [4.78, 5) is 12.0. The number of amides is 2. The first-order valence-corrected chi connectivity index (χ1v) is 7.01. The lowest BCUT2D eigenvalue weighted by Gasteiger charge is -2.26. The number of anilines is 1. The molecule has 0 heterocycles. The molecule has 2 amide bonds. The Morgan fingerprint density at radius 1 is 1.32 bits per heavy atom. The minimum Gasteiger partial charge on any atom is -0.396 e. The summed E-state index contributed by atoms with van der Waals surface area (Å²) in [6, 6.07) is 3.66. The highest BCUT2D eigenvalue weighted by atomic mass is 79.9. The van der Waals surface area contributed by atoms with Crippen LogP contribution in [0.4, 0.5) is 10.5 Å². The van der Waals surface area contributed by atoms with Crippen LogP contribution in [-0.2, 0) is 0 Å². The Hall–Kier alpha value is -1.07. The summed E-state index contributed by atoms with van der Waals surface area (Å²) in [5, 5.41) is 14.7. The molecule has 0 aliphatic rings. The lowest BCUT2D eigenvalue weighted by molar-refractivity contribution is 0.218.